The van der Waals surface area contributed by atoms with E-state index < -0.39 is 5.97 Å². The third-order valence-corrected chi connectivity index (χ3v) is 2.51. The normalized spacial score (nSPS) is 16.3. The van der Waals surface area contributed by atoms with Gasteiger partial charge in [0.1, 0.15) is 5.82 Å². The fourth-order valence-electron chi connectivity index (χ4n) is 1.78. The minimum atomic E-state index is -0.957. The summed E-state index contributed by atoms with van der Waals surface area (Å²) in [4.78, 5) is 10.4. The monoisotopic (exact) mass is 207 g/mol. The van der Waals surface area contributed by atoms with Crippen LogP contribution in [0.5, 0.6) is 0 Å². The van der Waals surface area contributed by atoms with Gasteiger partial charge in [0.15, 0.2) is 5.82 Å². The molecule has 0 fully saturated rings. The summed E-state index contributed by atoms with van der Waals surface area (Å²) in [6, 6.07) is 0. The first-order chi connectivity index (χ1) is 7.27. The molecule has 0 spiro atoms. The first-order valence-corrected chi connectivity index (χ1v) is 5.10. The van der Waals surface area contributed by atoms with Crippen molar-refractivity contribution in [1.29, 1.82) is 0 Å². The summed E-state index contributed by atoms with van der Waals surface area (Å²) in [5.41, 5.74) is 0. The summed E-state index contributed by atoms with van der Waals surface area (Å²) in [5, 5.41) is 16.6. The number of carboxylic acid groups (broad SMARTS) is 1. The molecule has 5 nitrogen and oxygen atoms in total. The van der Waals surface area contributed by atoms with Gasteiger partial charge in [-0.25, -0.2) is 4.79 Å². The van der Waals surface area contributed by atoms with E-state index in [1.807, 2.05) is 4.57 Å². The van der Waals surface area contributed by atoms with Crippen LogP contribution in [0.3, 0.4) is 0 Å². The zero-order valence-corrected chi connectivity index (χ0v) is 8.39. The molecule has 0 saturated heterocycles. The van der Waals surface area contributed by atoms with Crippen LogP contribution in [-0.4, -0.2) is 25.8 Å². The summed E-state index contributed by atoms with van der Waals surface area (Å²) in [6.07, 6.45) is 6.99. The summed E-state index contributed by atoms with van der Waals surface area (Å²) >= 11 is 0. The number of rotatable bonds is 2. The summed E-state index contributed by atoms with van der Waals surface area (Å²) in [7, 11) is 0. The molecule has 1 aliphatic heterocycles. The summed E-state index contributed by atoms with van der Waals surface area (Å²) < 4.78 is 2.01. The van der Waals surface area contributed by atoms with Gasteiger partial charge in [0.05, 0.1) is 0 Å². The van der Waals surface area contributed by atoms with Crippen molar-refractivity contribution in [1.82, 2.24) is 14.8 Å². The smallest absolute Gasteiger partial charge is 0.328 e. The average molecular weight is 207 g/mol. The number of carboxylic acids is 1. The van der Waals surface area contributed by atoms with Crippen LogP contribution in [0.4, 0.5) is 0 Å². The van der Waals surface area contributed by atoms with Crippen LogP contribution in [-0.2, 0) is 17.8 Å². The van der Waals surface area contributed by atoms with Crippen molar-refractivity contribution in [2.75, 3.05) is 0 Å². The largest absolute Gasteiger partial charge is 0.478 e. The second-order valence-corrected chi connectivity index (χ2v) is 3.61. The van der Waals surface area contributed by atoms with E-state index in [9.17, 15) is 4.79 Å². The van der Waals surface area contributed by atoms with Crippen molar-refractivity contribution in [2.24, 2.45) is 0 Å². The molecular weight excluding hydrogens is 194 g/mol. The lowest BCUT2D eigenvalue weighted by molar-refractivity contribution is -0.131. The maximum Gasteiger partial charge on any atom is 0.328 e. The van der Waals surface area contributed by atoms with Crippen LogP contribution in [0, 0.1) is 0 Å². The molecule has 1 aliphatic rings. The molecule has 0 bridgehead atoms. The first-order valence-electron chi connectivity index (χ1n) is 5.10. The standard InChI is InChI=1S/C10H13N3O2/c14-10(15)6-5-9-12-11-8-4-2-1-3-7-13(8)9/h5-6H,1-4,7H2,(H,14,15)/b6-5+. The third kappa shape index (κ3) is 2.23. The molecule has 15 heavy (non-hydrogen) atoms. The molecule has 1 aromatic heterocycles. The molecule has 1 aromatic rings. The van der Waals surface area contributed by atoms with E-state index in [1.54, 1.807) is 0 Å². The Kier molecular flexibility index (Phi) is 2.80. The Hall–Kier alpha value is -1.65. The predicted molar refractivity (Wildman–Crippen MR) is 54.2 cm³/mol. The first kappa shape index (κ1) is 9.89. The Balaban J connectivity index is 2.25. The minimum Gasteiger partial charge on any atom is -0.478 e. The van der Waals surface area contributed by atoms with Gasteiger partial charge in [0, 0.05) is 19.0 Å². The number of nitrogens with zero attached hydrogens (tertiary/aromatic N) is 3. The van der Waals surface area contributed by atoms with Crippen molar-refractivity contribution in [2.45, 2.75) is 32.2 Å². The number of carbonyl (C=O) groups is 1. The molecular formula is C10H13N3O2. The molecule has 0 radical (unpaired) electrons. The molecule has 5 heteroatoms. The SMILES string of the molecule is O=C(O)/C=C/c1nnc2n1CCCCC2. The van der Waals surface area contributed by atoms with Gasteiger partial charge in [0.2, 0.25) is 0 Å². The average Bonchev–Trinajstić information content (AvgIpc) is 2.44. The van der Waals surface area contributed by atoms with Gasteiger partial charge in [-0.15, -0.1) is 10.2 Å². The number of aliphatic carboxylic acids is 1. The zero-order chi connectivity index (χ0) is 10.7. The fraction of sp³-hybridized carbons (Fsp3) is 0.500. The molecule has 0 unspecified atom stereocenters. The van der Waals surface area contributed by atoms with Gasteiger partial charge < -0.3 is 9.67 Å². The van der Waals surface area contributed by atoms with Crippen molar-refractivity contribution < 1.29 is 9.90 Å². The van der Waals surface area contributed by atoms with E-state index in [0.29, 0.717) is 5.82 Å². The fourth-order valence-corrected chi connectivity index (χ4v) is 1.78. The molecule has 0 amide bonds. The van der Waals surface area contributed by atoms with Gasteiger partial charge in [-0.3, -0.25) is 0 Å². The highest BCUT2D eigenvalue weighted by Crippen LogP contribution is 2.14. The van der Waals surface area contributed by atoms with Crippen molar-refractivity contribution >= 4 is 12.0 Å². The van der Waals surface area contributed by atoms with E-state index in [2.05, 4.69) is 10.2 Å². The molecule has 1 N–H and O–H groups in total. The Morgan fingerprint density at radius 3 is 3.00 bits per heavy atom. The highest BCUT2D eigenvalue weighted by atomic mass is 16.4. The van der Waals surface area contributed by atoms with Crippen LogP contribution in [0.25, 0.3) is 6.08 Å². The summed E-state index contributed by atoms with van der Waals surface area (Å²) in [6.45, 7) is 0.891. The van der Waals surface area contributed by atoms with Crippen LogP contribution in [0.2, 0.25) is 0 Å². The van der Waals surface area contributed by atoms with E-state index in [4.69, 9.17) is 5.11 Å². The predicted octanol–water partition coefficient (Wildman–Crippen LogP) is 1.10. The van der Waals surface area contributed by atoms with Gasteiger partial charge in [-0.05, 0) is 18.9 Å². The lowest BCUT2D eigenvalue weighted by atomic mass is 10.2. The van der Waals surface area contributed by atoms with Crippen LogP contribution in [0.1, 0.15) is 30.9 Å². The van der Waals surface area contributed by atoms with Gasteiger partial charge in [0.25, 0.3) is 0 Å². The number of fused-ring (bicyclic) bond motifs is 1. The summed E-state index contributed by atoms with van der Waals surface area (Å²) in [5.74, 6) is 0.660. The van der Waals surface area contributed by atoms with E-state index >= 15 is 0 Å². The molecule has 0 saturated carbocycles. The van der Waals surface area contributed by atoms with Gasteiger partial charge in [-0.1, -0.05) is 6.42 Å². The van der Waals surface area contributed by atoms with Crippen LogP contribution in [0.15, 0.2) is 6.08 Å². The lowest BCUT2D eigenvalue weighted by Gasteiger charge is -2.02. The molecule has 80 valence electrons. The van der Waals surface area contributed by atoms with Crippen molar-refractivity contribution in [3.63, 3.8) is 0 Å². The third-order valence-electron chi connectivity index (χ3n) is 2.51. The molecule has 2 heterocycles. The van der Waals surface area contributed by atoms with Crippen molar-refractivity contribution in [3.05, 3.63) is 17.7 Å². The Morgan fingerprint density at radius 1 is 1.33 bits per heavy atom. The molecule has 0 aliphatic carbocycles. The number of hydrogen-bond acceptors (Lipinski definition) is 3. The molecule has 2 rings (SSSR count). The lowest BCUT2D eigenvalue weighted by Crippen LogP contribution is -2.03. The van der Waals surface area contributed by atoms with Crippen LogP contribution >= 0.6 is 0 Å². The Bertz CT molecular complexity index is 395. The number of aromatic nitrogens is 3. The number of hydrogen-bond donors (Lipinski definition) is 1. The van der Waals surface area contributed by atoms with Crippen molar-refractivity contribution in [3.8, 4) is 0 Å². The molecule has 0 atom stereocenters. The maximum absolute atomic E-state index is 10.4. The van der Waals surface area contributed by atoms with Gasteiger partial charge >= 0.3 is 5.97 Å². The maximum atomic E-state index is 10.4. The van der Waals surface area contributed by atoms with E-state index in [-0.39, 0.29) is 0 Å². The van der Waals surface area contributed by atoms with Gasteiger partial charge in [-0.2, -0.15) is 0 Å². The highest BCUT2D eigenvalue weighted by Gasteiger charge is 2.12. The van der Waals surface area contributed by atoms with E-state index in [1.165, 1.54) is 12.5 Å². The minimum absolute atomic E-state index is 0.648. The second kappa shape index (κ2) is 4.25. The van der Waals surface area contributed by atoms with Crippen LogP contribution < -0.4 is 0 Å². The topological polar surface area (TPSA) is 68.0 Å². The Labute approximate surface area is 87.4 Å². The highest BCUT2D eigenvalue weighted by molar-refractivity contribution is 5.84. The zero-order valence-electron chi connectivity index (χ0n) is 8.39. The second-order valence-electron chi connectivity index (χ2n) is 3.61. The Morgan fingerprint density at radius 2 is 2.20 bits per heavy atom. The quantitative estimate of drug-likeness (QED) is 0.737. The molecule has 0 aromatic carbocycles. The number of aryl methyl sites for hydroxylation is 1. The van der Waals surface area contributed by atoms with E-state index in [0.717, 1.165) is 37.7 Å².